The second-order valence-electron chi connectivity index (χ2n) is 7.59. The van der Waals surface area contributed by atoms with Crippen LogP contribution in [-0.2, 0) is 10.2 Å². The molecule has 3 aliphatic rings. The number of benzene rings is 1. The summed E-state index contributed by atoms with van der Waals surface area (Å²) in [7, 11) is 0. The number of halogens is 1. The number of hydrogen-bond donors (Lipinski definition) is 1. The normalized spacial score (nSPS) is 32.3. The summed E-state index contributed by atoms with van der Waals surface area (Å²) in [5, 5.41) is 10.6. The molecule has 0 spiro atoms. The predicted octanol–water partition coefficient (Wildman–Crippen LogP) is 3.38. The number of likely N-dealkylation sites (tertiary alicyclic amines) is 1. The summed E-state index contributed by atoms with van der Waals surface area (Å²) in [5.74, 6) is 1.10. The molecule has 1 N–H and O–H groups in total. The van der Waals surface area contributed by atoms with Gasteiger partial charge in [0.1, 0.15) is 0 Å². The Morgan fingerprint density at radius 2 is 1.83 bits per heavy atom. The van der Waals surface area contributed by atoms with E-state index in [0.29, 0.717) is 11.8 Å². The van der Waals surface area contributed by atoms with Gasteiger partial charge in [0.15, 0.2) is 0 Å². The van der Waals surface area contributed by atoms with Gasteiger partial charge in [-0.05, 0) is 42.9 Å². The Hall–Kier alpha value is -1.06. The van der Waals surface area contributed by atoms with Crippen LogP contribution in [0.2, 0.25) is 5.02 Å². The van der Waals surface area contributed by atoms with Crippen LogP contribution >= 0.6 is 11.6 Å². The topological polar surface area (TPSA) is 40.5 Å². The summed E-state index contributed by atoms with van der Waals surface area (Å²) in [6.07, 6.45) is 5.96. The Labute approximate surface area is 142 Å². The highest BCUT2D eigenvalue weighted by atomic mass is 35.5. The van der Waals surface area contributed by atoms with Crippen molar-refractivity contribution < 1.29 is 9.90 Å². The number of aliphatic hydroxyl groups is 1. The molecule has 124 valence electrons. The molecule has 1 aromatic rings. The molecule has 0 bridgehead atoms. The monoisotopic (exact) mass is 333 g/mol. The van der Waals surface area contributed by atoms with E-state index in [0.717, 1.165) is 55.8 Å². The average molecular weight is 334 g/mol. The molecular formula is C19H24ClNO2. The maximum absolute atomic E-state index is 13.4. The van der Waals surface area contributed by atoms with E-state index in [4.69, 9.17) is 11.6 Å². The van der Waals surface area contributed by atoms with E-state index >= 15 is 0 Å². The van der Waals surface area contributed by atoms with Gasteiger partial charge in [-0.2, -0.15) is 0 Å². The third kappa shape index (κ3) is 2.49. The van der Waals surface area contributed by atoms with Crippen molar-refractivity contribution in [2.75, 3.05) is 13.1 Å². The third-order valence-corrected chi connectivity index (χ3v) is 6.58. The molecule has 1 amide bonds. The predicted molar refractivity (Wildman–Crippen MR) is 90.4 cm³/mol. The van der Waals surface area contributed by atoms with Gasteiger partial charge < -0.3 is 10.0 Å². The Bertz CT molecular complexity index is 594. The second kappa shape index (κ2) is 5.78. The van der Waals surface area contributed by atoms with E-state index in [-0.39, 0.29) is 17.4 Å². The molecule has 1 aliphatic heterocycles. The van der Waals surface area contributed by atoms with Crippen molar-refractivity contribution in [3.05, 3.63) is 34.9 Å². The summed E-state index contributed by atoms with van der Waals surface area (Å²) in [4.78, 5) is 15.5. The first-order valence-corrected chi connectivity index (χ1v) is 9.21. The van der Waals surface area contributed by atoms with E-state index in [1.54, 1.807) is 0 Å². The molecule has 23 heavy (non-hydrogen) atoms. The highest BCUT2D eigenvalue weighted by molar-refractivity contribution is 6.30. The van der Waals surface area contributed by atoms with Crippen molar-refractivity contribution in [2.45, 2.75) is 50.0 Å². The minimum absolute atomic E-state index is 0.198. The lowest BCUT2D eigenvalue weighted by Gasteiger charge is -2.39. The molecule has 2 saturated carbocycles. The van der Waals surface area contributed by atoms with Crippen LogP contribution in [0.25, 0.3) is 0 Å². The van der Waals surface area contributed by atoms with Crippen LogP contribution in [-0.4, -0.2) is 35.1 Å². The van der Waals surface area contributed by atoms with Gasteiger partial charge in [-0.15, -0.1) is 0 Å². The van der Waals surface area contributed by atoms with Crippen molar-refractivity contribution in [2.24, 2.45) is 11.8 Å². The van der Waals surface area contributed by atoms with E-state index in [2.05, 4.69) is 0 Å². The quantitative estimate of drug-likeness (QED) is 0.901. The molecule has 1 aromatic carbocycles. The fourth-order valence-corrected chi connectivity index (χ4v) is 5.02. The lowest BCUT2D eigenvalue weighted by molar-refractivity contribution is -0.138. The average Bonchev–Trinajstić information content (AvgIpc) is 2.92. The zero-order valence-electron chi connectivity index (χ0n) is 13.4. The van der Waals surface area contributed by atoms with Crippen LogP contribution in [0.1, 0.15) is 44.1 Å². The first-order chi connectivity index (χ1) is 11.1. The number of aliphatic hydroxyl groups excluding tert-OH is 1. The molecule has 0 unspecified atom stereocenters. The molecule has 0 radical (unpaired) electrons. The summed E-state index contributed by atoms with van der Waals surface area (Å²) in [6, 6.07) is 7.87. The number of amides is 1. The van der Waals surface area contributed by atoms with Crippen LogP contribution < -0.4 is 0 Å². The summed E-state index contributed by atoms with van der Waals surface area (Å²) in [5.41, 5.74) is 0.740. The van der Waals surface area contributed by atoms with Crippen LogP contribution in [0.15, 0.2) is 24.3 Å². The highest BCUT2D eigenvalue weighted by Gasteiger charge is 2.51. The van der Waals surface area contributed by atoms with Gasteiger partial charge in [-0.25, -0.2) is 0 Å². The van der Waals surface area contributed by atoms with Crippen molar-refractivity contribution in [1.29, 1.82) is 0 Å². The first-order valence-electron chi connectivity index (χ1n) is 8.84. The van der Waals surface area contributed by atoms with Crippen LogP contribution in [0.5, 0.6) is 0 Å². The number of hydrogen-bond acceptors (Lipinski definition) is 2. The lowest BCUT2D eigenvalue weighted by Crippen LogP contribution is -2.47. The van der Waals surface area contributed by atoms with Crippen molar-refractivity contribution in [1.82, 2.24) is 4.90 Å². The van der Waals surface area contributed by atoms with Gasteiger partial charge in [-0.3, -0.25) is 4.79 Å². The molecule has 3 fully saturated rings. The second-order valence-corrected chi connectivity index (χ2v) is 8.02. The van der Waals surface area contributed by atoms with Gasteiger partial charge in [-0.1, -0.05) is 43.0 Å². The summed E-state index contributed by atoms with van der Waals surface area (Å²) < 4.78 is 0. The molecule has 3 atom stereocenters. The van der Waals surface area contributed by atoms with Gasteiger partial charge >= 0.3 is 0 Å². The van der Waals surface area contributed by atoms with E-state index < -0.39 is 0 Å². The zero-order valence-corrected chi connectivity index (χ0v) is 14.1. The minimum Gasteiger partial charge on any atom is -0.393 e. The van der Waals surface area contributed by atoms with Crippen LogP contribution in [0.4, 0.5) is 0 Å². The molecule has 2 aliphatic carbocycles. The number of rotatable bonds is 2. The van der Waals surface area contributed by atoms with Gasteiger partial charge in [0.25, 0.3) is 0 Å². The molecule has 1 saturated heterocycles. The molecule has 3 nitrogen and oxygen atoms in total. The fraction of sp³-hybridized carbons (Fsp3) is 0.632. The van der Waals surface area contributed by atoms with E-state index in [1.165, 1.54) is 6.42 Å². The highest BCUT2D eigenvalue weighted by Crippen LogP contribution is 2.46. The Balaban J connectivity index is 1.63. The first kappa shape index (κ1) is 15.5. The van der Waals surface area contributed by atoms with Crippen molar-refractivity contribution in [3.8, 4) is 0 Å². The van der Waals surface area contributed by atoms with Crippen LogP contribution in [0, 0.1) is 11.8 Å². The number of nitrogens with zero attached hydrogens (tertiary/aromatic N) is 1. The molecule has 1 heterocycles. The Morgan fingerprint density at radius 1 is 1.13 bits per heavy atom. The summed E-state index contributed by atoms with van der Waals surface area (Å²) >= 11 is 6.04. The van der Waals surface area contributed by atoms with Gasteiger partial charge in [0.05, 0.1) is 11.5 Å². The maximum atomic E-state index is 13.4. The van der Waals surface area contributed by atoms with Crippen molar-refractivity contribution in [3.63, 3.8) is 0 Å². The van der Waals surface area contributed by atoms with Gasteiger partial charge in [0.2, 0.25) is 5.91 Å². The lowest BCUT2D eigenvalue weighted by atomic mass is 9.68. The van der Waals surface area contributed by atoms with Crippen LogP contribution in [0.3, 0.4) is 0 Å². The zero-order chi connectivity index (χ0) is 16.0. The maximum Gasteiger partial charge on any atom is 0.233 e. The van der Waals surface area contributed by atoms with Gasteiger partial charge in [0, 0.05) is 24.0 Å². The smallest absolute Gasteiger partial charge is 0.233 e. The Morgan fingerprint density at radius 3 is 2.43 bits per heavy atom. The molecular weight excluding hydrogens is 310 g/mol. The third-order valence-electron chi connectivity index (χ3n) is 6.33. The summed E-state index contributed by atoms with van der Waals surface area (Å²) in [6.45, 7) is 1.57. The number of carbonyl (C=O) groups is 1. The van der Waals surface area contributed by atoms with E-state index in [1.807, 2.05) is 29.2 Å². The van der Waals surface area contributed by atoms with Crippen molar-refractivity contribution >= 4 is 17.5 Å². The minimum atomic E-state index is -0.377. The molecule has 4 heteroatoms. The standard InChI is InChI=1S/C19H24ClNO2/c20-15-6-4-14(5-7-15)19(8-2-1-3-9-19)18(23)21-11-13-10-17(22)16(13)12-21/h4-7,13,16-17,22H,1-3,8-12H2/t13-,16+,17+/m1/s1. The molecule has 4 rings (SSSR count). The Kier molecular flexibility index (Phi) is 3.89. The number of fused-ring (bicyclic) bond motifs is 1. The fourth-order valence-electron chi connectivity index (χ4n) is 4.89. The molecule has 0 aromatic heterocycles. The van der Waals surface area contributed by atoms with E-state index in [9.17, 15) is 9.90 Å². The largest absolute Gasteiger partial charge is 0.393 e. The SMILES string of the molecule is O=C(N1C[C@H]2C[C@H](O)[C@H]2C1)C1(c2ccc(Cl)cc2)CCCCC1. The number of carbonyl (C=O) groups excluding carboxylic acids is 1.